The summed E-state index contributed by atoms with van der Waals surface area (Å²) in [4.78, 5) is 10.9. The Hall–Kier alpha value is -1.71. The summed E-state index contributed by atoms with van der Waals surface area (Å²) in [6.07, 6.45) is -0.467. The van der Waals surface area contributed by atoms with E-state index in [4.69, 9.17) is 5.11 Å². The van der Waals surface area contributed by atoms with E-state index in [1.165, 1.54) is 7.11 Å². The summed E-state index contributed by atoms with van der Waals surface area (Å²) in [6.45, 7) is 1.84. The van der Waals surface area contributed by atoms with Crippen LogP contribution in [0.1, 0.15) is 18.5 Å². The number of benzene rings is 1. The monoisotopic (exact) mass is 195 g/mol. The number of carbonyl (C=O) groups excluding carboxylic acids is 1. The average Bonchev–Trinajstić information content (AvgIpc) is 2.18. The number of ether oxygens (including phenoxy) is 1. The maximum Gasteiger partial charge on any atom is 0.407 e. The Balaban J connectivity index is 2.65. The molecule has 4 nitrogen and oxygen atoms in total. The lowest BCUT2D eigenvalue weighted by atomic mass is 10.1. The van der Waals surface area contributed by atoms with Gasteiger partial charge in [0, 0.05) is 0 Å². The number of methoxy groups -OCH3 is 1. The molecule has 1 rings (SSSR count). The van der Waals surface area contributed by atoms with Crippen LogP contribution in [0, 0.1) is 0 Å². The van der Waals surface area contributed by atoms with Gasteiger partial charge in [0.1, 0.15) is 5.75 Å². The lowest BCUT2D eigenvalue weighted by Gasteiger charge is -2.12. The Morgan fingerprint density at radius 1 is 1.43 bits per heavy atom. The minimum absolute atomic E-state index is 0.136. The van der Waals surface area contributed by atoms with Gasteiger partial charge >= 0.3 is 6.09 Å². The molecular formula is C10H13NO3. The van der Waals surface area contributed by atoms with Crippen LogP contribution in [0.4, 0.5) is 4.79 Å². The second kappa shape index (κ2) is 4.50. The van der Waals surface area contributed by atoms with E-state index in [9.17, 15) is 4.79 Å². The van der Waals surface area contributed by atoms with Crippen LogP contribution in [0.15, 0.2) is 24.3 Å². The molecule has 1 unspecified atom stereocenters. The van der Waals surface area contributed by atoms with Gasteiger partial charge in [0.05, 0.1) is 13.2 Å². The van der Waals surface area contributed by atoms with Gasteiger partial charge in [-0.25, -0.2) is 4.79 Å². The predicted molar refractivity (Wildman–Crippen MR) is 52.1 cm³/mol. The second-order valence-electron chi connectivity index (χ2n) is 2.95. The molecule has 0 heterocycles. The summed E-state index contributed by atoms with van der Waals surface area (Å²) in [5.74, 6) is 0.207. The number of amides is 1. The molecule has 76 valence electrons. The number of phenols is 1. The molecule has 0 radical (unpaired) electrons. The molecule has 1 aromatic carbocycles. The van der Waals surface area contributed by atoms with Crippen molar-refractivity contribution in [3.8, 4) is 5.75 Å². The molecule has 0 saturated heterocycles. The molecule has 2 N–H and O–H groups in total. The lowest BCUT2D eigenvalue weighted by Crippen LogP contribution is -2.26. The maximum atomic E-state index is 10.9. The van der Waals surface area contributed by atoms with Gasteiger partial charge < -0.3 is 15.2 Å². The van der Waals surface area contributed by atoms with Crippen LogP contribution in [0.5, 0.6) is 5.75 Å². The minimum Gasteiger partial charge on any atom is -0.508 e. The van der Waals surface area contributed by atoms with Gasteiger partial charge in [-0.05, 0) is 24.6 Å². The van der Waals surface area contributed by atoms with Gasteiger partial charge in [-0.3, -0.25) is 0 Å². The first-order chi connectivity index (χ1) is 6.63. The summed E-state index contributed by atoms with van der Waals surface area (Å²) in [5, 5.41) is 11.7. The fraction of sp³-hybridized carbons (Fsp3) is 0.300. The minimum atomic E-state index is -0.467. The van der Waals surface area contributed by atoms with Gasteiger partial charge in [0.15, 0.2) is 0 Å². The second-order valence-corrected chi connectivity index (χ2v) is 2.95. The summed E-state index contributed by atoms with van der Waals surface area (Å²) < 4.78 is 4.47. The fourth-order valence-corrected chi connectivity index (χ4v) is 1.08. The van der Waals surface area contributed by atoms with E-state index >= 15 is 0 Å². The zero-order valence-corrected chi connectivity index (χ0v) is 8.15. The van der Waals surface area contributed by atoms with E-state index in [1.54, 1.807) is 24.3 Å². The number of aromatic hydroxyl groups is 1. The molecule has 0 aliphatic heterocycles. The number of nitrogens with one attached hydrogen (secondary N) is 1. The molecule has 14 heavy (non-hydrogen) atoms. The Morgan fingerprint density at radius 2 is 2.00 bits per heavy atom. The van der Waals surface area contributed by atoms with Crippen molar-refractivity contribution in [2.24, 2.45) is 0 Å². The molecule has 0 aliphatic carbocycles. The molecule has 1 amide bonds. The molecule has 0 spiro atoms. The number of hydrogen-bond donors (Lipinski definition) is 2. The van der Waals surface area contributed by atoms with Gasteiger partial charge in [-0.2, -0.15) is 0 Å². The summed E-state index contributed by atoms with van der Waals surface area (Å²) >= 11 is 0. The number of phenolic OH excluding ortho intramolecular Hbond substituents is 1. The summed E-state index contributed by atoms with van der Waals surface area (Å²) in [5.41, 5.74) is 0.910. The van der Waals surface area contributed by atoms with Gasteiger partial charge in [-0.15, -0.1) is 0 Å². The number of carbonyl (C=O) groups is 1. The summed E-state index contributed by atoms with van der Waals surface area (Å²) in [7, 11) is 1.32. The highest BCUT2D eigenvalue weighted by Gasteiger charge is 2.08. The van der Waals surface area contributed by atoms with Crippen molar-refractivity contribution in [1.82, 2.24) is 5.32 Å². The Kier molecular flexibility index (Phi) is 3.34. The molecule has 0 aliphatic rings. The van der Waals surface area contributed by atoms with Crippen LogP contribution in [0.25, 0.3) is 0 Å². The highest BCUT2D eigenvalue weighted by molar-refractivity contribution is 5.67. The first kappa shape index (κ1) is 10.4. The predicted octanol–water partition coefficient (Wildman–Crippen LogP) is 1.81. The van der Waals surface area contributed by atoms with E-state index in [0.717, 1.165) is 5.56 Å². The van der Waals surface area contributed by atoms with Crippen LogP contribution < -0.4 is 5.32 Å². The number of hydrogen-bond acceptors (Lipinski definition) is 3. The van der Waals surface area contributed by atoms with Crippen molar-refractivity contribution in [1.29, 1.82) is 0 Å². The first-order valence-corrected chi connectivity index (χ1v) is 4.27. The van der Waals surface area contributed by atoms with Crippen molar-refractivity contribution in [2.75, 3.05) is 7.11 Å². The Morgan fingerprint density at radius 3 is 2.50 bits per heavy atom. The van der Waals surface area contributed by atoms with Gasteiger partial charge in [0.25, 0.3) is 0 Å². The average molecular weight is 195 g/mol. The van der Waals surface area contributed by atoms with Crippen molar-refractivity contribution < 1.29 is 14.6 Å². The molecule has 0 bridgehead atoms. The third kappa shape index (κ3) is 2.65. The maximum absolute atomic E-state index is 10.9. The van der Waals surface area contributed by atoms with Crippen molar-refractivity contribution in [2.45, 2.75) is 13.0 Å². The summed E-state index contributed by atoms with van der Waals surface area (Å²) in [6, 6.07) is 6.50. The zero-order chi connectivity index (χ0) is 10.6. The topological polar surface area (TPSA) is 58.6 Å². The molecule has 4 heteroatoms. The van der Waals surface area contributed by atoms with Crippen molar-refractivity contribution >= 4 is 6.09 Å². The van der Waals surface area contributed by atoms with Crippen LogP contribution in [-0.2, 0) is 4.74 Å². The molecule has 0 fully saturated rings. The van der Waals surface area contributed by atoms with E-state index in [1.807, 2.05) is 6.92 Å². The number of alkyl carbamates (subject to hydrolysis) is 1. The first-order valence-electron chi connectivity index (χ1n) is 4.27. The fourth-order valence-electron chi connectivity index (χ4n) is 1.08. The van der Waals surface area contributed by atoms with Gasteiger partial charge in [0.2, 0.25) is 0 Å². The molecule has 1 atom stereocenters. The molecule has 0 saturated carbocycles. The SMILES string of the molecule is COC(=O)NC(C)c1ccc(O)cc1. The lowest BCUT2D eigenvalue weighted by molar-refractivity contribution is 0.167. The molecule has 0 aromatic heterocycles. The van der Waals surface area contributed by atoms with E-state index in [2.05, 4.69) is 10.1 Å². The van der Waals surface area contributed by atoms with Crippen molar-refractivity contribution in [3.05, 3.63) is 29.8 Å². The van der Waals surface area contributed by atoms with Crippen LogP contribution in [-0.4, -0.2) is 18.3 Å². The Bertz CT molecular complexity index is 308. The quantitative estimate of drug-likeness (QED) is 0.756. The van der Waals surface area contributed by atoms with Crippen molar-refractivity contribution in [3.63, 3.8) is 0 Å². The smallest absolute Gasteiger partial charge is 0.407 e. The van der Waals surface area contributed by atoms with Crippen LogP contribution >= 0.6 is 0 Å². The molecule has 1 aromatic rings. The molecular weight excluding hydrogens is 182 g/mol. The van der Waals surface area contributed by atoms with E-state index in [0.29, 0.717) is 0 Å². The normalized spacial score (nSPS) is 11.9. The van der Waals surface area contributed by atoms with E-state index in [-0.39, 0.29) is 11.8 Å². The van der Waals surface area contributed by atoms with E-state index < -0.39 is 6.09 Å². The van der Waals surface area contributed by atoms with Crippen LogP contribution in [0.2, 0.25) is 0 Å². The highest BCUT2D eigenvalue weighted by Crippen LogP contribution is 2.16. The third-order valence-corrected chi connectivity index (χ3v) is 1.91. The number of rotatable bonds is 2. The Labute approximate surface area is 82.5 Å². The highest BCUT2D eigenvalue weighted by atomic mass is 16.5. The standard InChI is InChI=1S/C10H13NO3/c1-7(11-10(13)14-2)8-3-5-9(12)6-4-8/h3-7,12H,1-2H3,(H,11,13). The van der Waals surface area contributed by atoms with Crippen LogP contribution in [0.3, 0.4) is 0 Å². The third-order valence-electron chi connectivity index (χ3n) is 1.91. The van der Waals surface area contributed by atoms with Gasteiger partial charge in [-0.1, -0.05) is 12.1 Å². The largest absolute Gasteiger partial charge is 0.508 e. The zero-order valence-electron chi connectivity index (χ0n) is 8.15.